The number of rotatable bonds is 3. The molecule has 0 aliphatic heterocycles. The van der Waals surface area contributed by atoms with Gasteiger partial charge in [-0.3, -0.25) is 0 Å². The van der Waals surface area contributed by atoms with Crippen molar-refractivity contribution in [1.82, 2.24) is 9.97 Å². The predicted octanol–water partition coefficient (Wildman–Crippen LogP) is 4.59. The fourth-order valence-corrected chi connectivity index (χ4v) is 2.87. The molecule has 0 N–H and O–H groups in total. The quantitative estimate of drug-likeness (QED) is 0.519. The summed E-state index contributed by atoms with van der Waals surface area (Å²) < 4.78 is 0. The van der Waals surface area contributed by atoms with Gasteiger partial charge >= 0.3 is 0 Å². The largest absolute Gasteiger partial charge is 0.227 e. The third kappa shape index (κ3) is 2.69. The number of nitrogens with zero attached hydrogens (tertiary/aromatic N) is 2. The first-order chi connectivity index (χ1) is 9.36. The molecule has 0 unspecified atom stereocenters. The molecule has 0 aliphatic rings. The molecule has 4 heteroatoms. The van der Waals surface area contributed by atoms with E-state index in [1.807, 2.05) is 42.0 Å². The van der Waals surface area contributed by atoms with Crippen LogP contribution in [0.1, 0.15) is 0 Å². The van der Waals surface area contributed by atoms with Crippen molar-refractivity contribution >= 4 is 23.1 Å². The van der Waals surface area contributed by atoms with Gasteiger partial charge in [-0.1, -0.05) is 36.4 Å². The lowest BCUT2D eigenvalue weighted by molar-refractivity contribution is 1.07. The van der Waals surface area contributed by atoms with Crippen LogP contribution in [0.25, 0.3) is 22.0 Å². The Bertz CT molecular complexity index is 664. The molecule has 3 aromatic rings. The van der Waals surface area contributed by atoms with Gasteiger partial charge in [-0.25, -0.2) is 9.97 Å². The average Bonchev–Trinajstić information content (AvgIpc) is 3.02. The van der Waals surface area contributed by atoms with E-state index in [2.05, 4.69) is 28.2 Å². The van der Waals surface area contributed by atoms with Crippen LogP contribution in [0.5, 0.6) is 0 Å². The van der Waals surface area contributed by atoms with Gasteiger partial charge in [0.1, 0.15) is 5.03 Å². The van der Waals surface area contributed by atoms with Crippen molar-refractivity contribution in [2.75, 3.05) is 6.26 Å². The van der Waals surface area contributed by atoms with E-state index < -0.39 is 0 Å². The van der Waals surface area contributed by atoms with Gasteiger partial charge in [0.15, 0.2) is 5.82 Å². The highest BCUT2D eigenvalue weighted by Gasteiger charge is 2.08. The van der Waals surface area contributed by atoms with Crippen molar-refractivity contribution in [1.29, 1.82) is 0 Å². The molecule has 0 amide bonds. The third-order valence-corrected chi connectivity index (χ3v) is 4.22. The Labute approximate surface area is 120 Å². The first kappa shape index (κ1) is 12.4. The fraction of sp³-hybridized carbons (Fsp3) is 0.0667. The lowest BCUT2D eigenvalue weighted by Gasteiger charge is -2.05. The zero-order chi connectivity index (χ0) is 13.1. The van der Waals surface area contributed by atoms with Crippen molar-refractivity contribution in [3.05, 3.63) is 53.9 Å². The Morgan fingerprint density at radius 3 is 2.53 bits per heavy atom. The SMILES string of the molecule is CSc1cc(-c2ccccc2)nc(-c2cccs2)n1. The Hall–Kier alpha value is -1.65. The molecule has 0 radical (unpaired) electrons. The van der Waals surface area contributed by atoms with Crippen LogP contribution in [0.15, 0.2) is 58.9 Å². The summed E-state index contributed by atoms with van der Waals surface area (Å²) in [6.07, 6.45) is 2.04. The second kappa shape index (κ2) is 5.55. The monoisotopic (exact) mass is 284 g/mol. The predicted molar refractivity (Wildman–Crippen MR) is 82.6 cm³/mol. The number of benzene rings is 1. The Balaban J connectivity index is 2.13. The summed E-state index contributed by atoms with van der Waals surface area (Å²) in [6.45, 7) is 0. The van der Waals surface area contributed by atoms with Crippen molar-refractivity contribution in [2.45, 2.75) is 5.03 Å². The van der Waals surface area contributed by atoms with Gasteiger partial charge in [-0.05, 0) is 23.8 Å². The summed E-state index contributed by atoms with van der Waals surface area (Å²) in [7, 11) is 0. The van der Waals surface area contributed by atoms with E-state index in [1.165, 1.54) is 0 Å². The molecule has 0 atom stereocenters. The van der Waals surface area contributed by atoms with Crippen LogP contribution in [-0.2, 0) is 0 Å². The van der Waals surface area contributed by atoms with E-state index in [-0.39, 0.29) is 0 Å². The summed E-state index contributed by atoms with van der Waals surface area (Å²) >= 11 is 3.31. The van der Waals surface area contributed by atoms with E-state index in [0.29, 0.717) is 0 Å². The molecule has 1 aromatic carbocycles. The van der Waals surface area contributed by atoms with Crippen LogP contribution in [0.4, 0.5) is 0 Å². The number of thiophene rings is 1. The van der Waals surface area contributed by atoms with Crippen molar-refractivity contribution in [3.63, 3.8) is 0 Å². The van der Waals surface area contributed by atoms with Crippen molar-refractivity contribution in [3.8, 4) is 22.0 Å². The molecule has 0 bridgehead atoms. The van der Waals surface area contributed by atoms with E-state index in [1.54, 1.807) is 23.1 Å². The van der Waals surface area contributed by atoms with Crippen molar-refractivity contribution in [2.24, 2.45) is 0 Å². The van der Waals surface area contributed by atoms with Gasteiger partial charge in [0.2, 0.25) is 0 Å². The Morgan fingerprint density at radius 2 is 1.84 bits per heavy atom. The van der Waals surface area contributed by atoms with Crippen LogP contribution in [0, 0.1) is 0 Å². The second-order valence-electron chi connectivity index (χ2n) is 3.96. The molecule has 0 saturated heterocycles. The maximum atomic E-state index is 4.68. The van der Waals surface area contributed by atoms with E-state index in [9.17, 15) is 0 Å². The molecule has 0 aliphatic carbocycles. The molecule has 3 rings (SSSR count). The highest BCUT2D eigenvalue weighted by Crippen LogP contribution is 2.27. The summed E-state index contributed by atoms with van der Waals surface area (Å²) in [5, 5.41) is 3.05. The van der Waals surface area contributed by atoms with E-state index in [0.717, 1.165) is 27.0 Å². The van der Waals surface area contributed by atoms with Gasteiger partial charge in [0.05, 0.1) is 10.6 Å². The average molecular weight is 284 g/mol. The van der Waals surface area contributed by atoms with Gasteiger partial charge in [-0.15, -0.1) is 23.1 Å². The molecule has 2 heterocycles. The molecule has 2 nitrogen and oxygen atoms in total. The summed E-state index contributed by atoms with van der Waals surface area (Å²) in [6, 6.07) is 16.3. The lowest BCUT2D eigenvalue weighted by atomic mass is 10.1. The number of aromatic nitrogens is 2. The first-order valence-electron chi connectivity index (χ1n) is 5.89. The zero-order valence-corrected chi connectivity index (χ0v) is 12.0. The molecule has 19 heavy (non-hydrogen) atoms. The van der Waals surface area contributed by atoms with Crippen LogP contribution < -0.4 is 0 Å². The van der Waals surface area contributed by atoms with Gasteiger partial charge in [0, 0.05) is 5.56 Å². The van der Waals surface area contributed by atoms with Crippen LogP contribution in [0.2, 0.25) is 0 Å². The maximum absolute atomic E-state index is 4.68. The third-order valence-electron chi connectivity index (χ3n) is 2.72. The zero-order valence-electron chi connectivity index (χ0n) is 10.4. The minimum absolute atomic E-state index is 0.806. The summed E-state index contributed by atoms with van der Waals surface area (Å²) in [5.41, 5.74) is 2.10. The van der Waals surface area contributed by atoms with E-state index in [4.69, 9.17) is 0 Å². The van der Waals surface area contributed by atoms with E-state index >= 15 is 0 Å². The molecular weight excluding hydrogens is 272 g/mol. The second-order valence-corrected chi connectivity index (χ2v) is 5.74. The fourth-order valence-electron chi connectivity index (χ4n) is 1.80. The summed E-state index contributed by atoms with van der Waals surface area (Å²) in [5.74, 6) is 0.806. The molecule has 0 fully saturated rings. The molecule has 0 spiro atoms. The first-order valence-corrected chi connectivity index (χ1v) is 7.99. The lowest BCUT2D eigenvalue weighted by Crippen LogP contribution is -1.92. The Morgan fingerprint density at radius 1 is 1.00 bits per heavy atom. The Kier molecular flexibility index (Phi) is 3.62. The molecule has 2 aromatic heterocycles. The van der Waals surface area contributed by atoms with Crippen molar-refractivity contribution < 1.29 is 0 Å². The van der Waals surface area contributed by atoms with Gasteiger partial charge in [0.25, 0.3) is 0 Å². The van der Waals surface area contributed by atoms with Gasteiger partial charge < -0.3 is 0 Å². The highest BCUT2D eigenvalue weighted by atomic mass is 32.2. The maximum Gasteiger partial charge on any atom is 0.171 e. The normalized spacial score (nSPS) is 10.6. The van der Waals surface area contributed by atoms with Crippen LogP contribution in [0.3, 0.4) is 0 Å². The smallest absolute Gasteiger partial charge is 0.171 e. The molecule has 0 saturated carbocycles. The minimum atomic E-state index is 0.806. The summed E-state index contributed by atoms with van der Waals surface area (Å²) in [4.78, 5) is 10.4. The minimum Gasteiger partial charge on any atom is -0.227 e. The molecule has 94 valence electrons. The number of hydrogen-bond donors (Lipinski definition) is 0. The number of thioether (sulfide) groups is 1. The number of hydrogen-bond acceptors (Lipinski definition) is 4. The van der Waals surface area contributed by atoms with Gasteiger partial charge in [-0.2, -0.15) is 0 Å². The van der Waals surface area contributed by atoms with Crippen LogP contribution in [-0.4, -0.2) is 16.2 Å². The van der Waals surface area contributed by atoms with Crippen LogP contribution >= 0.6 is 23.1 Å². The molecular formula is C15H12N2S2. The highest BCUT2D eigenvalue weighted by molar-refractivity contribution is 7.98. The topological polar surface area (TPSA) is 25.8 Å². The standard InChI is InChI=1S/C15H12N2S2/c1-18-14-10-12(11-6-3-2-4-7-11)16-15(17-14)13-8-5-9-19-13/h2-10H,1H3.